The number of esters is 3. The Balaban J connectivity index is 4.05. The van der Waals surface area contributed by atoms with Crippen molar-refractivity contribution < 1.29 is 28.6 Å². The monoisotopic (exact) mass is 807 g/mol. The lowest BCUT2D eigenvalue weighted by molar-refractivity contribution is -0.167. The Labute approximate surface area is 355 Å². The third kappa shape index (κ3) is 45.3. The van der Waals surface area contributed by atoms with Crippen LogP contribution in [-0.4, -0.2) is 37.2 Å². The highest BCUT2D eigenvalue weighted by atomic mass is 16.6. The van der Waals surface area contributed by atoms with Crippen molar-refractivity contribution in [3.8, 4) is 0 Å². The molecule has 0 N–H and O–H groups in total. The molecule has 0 spiro atoms. The van der Waals surface area contributed by atoms with Gasteiger partial charge in [-0.2, -0.15) is 0 Å². The van der Waals surface area contributed by atoms with E-state index < -0.39 is 6.10 Å². The van der Waals surface area contributed by atoms with Crippen LogP contribution in [0.1, 0.15) is 285 Å². The van der Waals surface area contributed by atoms with Gasteiger partial charge in [0.2, 0.25) is 0 Å². The number of carbonyl (C=O) groups excluding carboxylic acids is 3. The van der Waals surface area contributed by atoms with E-state index in [1.807, 2.05) is 0 Å². The highest BCUT2D eigenvalue weighted by Crippen LogP contribution is 2.17. The maximum Gasteiger partial charge on any atom is 0.306 e. The van der Waals surface area contributed by atoms with Gasteiger partial charge in [0, 0.05) is 19.3 Å². The summed E-state index contributed by atoms with van der Waals surface area (Å²) in [7, 11) is 0. The third-order valence-corrected chi connectivity index (χ3v) is 11.5. The molecule has 0 aliphatic carbocycles. The van der Waals surface area contributed by atoms with Gasteiger partial charge in [-0.3, -0.25) is 14.4 Å². The van der Waals surface area contributed by atoms with Gasteiger partial charge in [-0.15, -0.1) is 0 Å². The van der Waals surface area contributed by atoms with Crippen LogP contribution in [0.25, 0.3) is 0 Å². The molecule has 0 aromatic rings. The zero-order valence-electron chi connectivity index (χ0n) is 38.8. The van der Waals surface area contributed by atoms with Crippen molar-refractivity contribution in [2.75, 3.05) is 13.2 Å². The first kappa shape index (κ1) is 55.4. The van der Waals surface area contributed by atoms with Crippen LogP contribution in [0.5, 0.6) is 0 Å². The Morgan fingerprint density at radius 1 is 0.333 bits per heavy atom. The first-order valence-corrected chi connectivity index (χ1v) is 25.4. The Morgan fingerprint density at radius 3 is 0.860 bits per heavy atom. The molecule has 0 aromatic carbocycles. The lowest BCUT2D eigenvalue weighted by Gasteiger charge is -2.18. The summed E-state index contributed by atoms with van der Waals surface area (Å²) in [6.07, 6.45) is 47.0. The third-order valence-electron chi connectivity index (χ3n) is 11.5. The Kier molecular flexibility index (Phi) is 44.2. The van der Waals surface area contributed by atoms with Crippen LogP contribution in [0.3, 0.4) is 0 Å². The van der Waals surface area contributed by atoms with Gasteiger partial charge in [0.25, 0.3) is 0 Å². The molecule has 0 saturated carbocycles. The summed E-state index contributed by atoms with van der Waals surface area (Å²) >= 11 is 0. The minimum atomic E-state index is -0.758. The number of rotatable bonds is 46. The number of hydrogen-bond donors (Lipinski definition) is 0. The lowest BCUT2D eigenvalue weighted by atomic mass is 10.0. The second-order valence-corrected chi connectivity index (χ2v) is 17.9. The first-order valence-electron chi connectivity index (χ1n) is 25.4. The summed E-state index contributed by atoms with van der Waals surface area (Å²) < 4.78 is 16.7. The molecule has 6 nitrogen and oxygen atoms in total. The largest absolute Gasteiger partial charge is 0.462 e. The van der Waals surface area contributed by atoms with E-state index >= 15 is 0 Å². The topological polar surface area (TPSA) is 78.9 Å². The van der Waals surface area contributed by atoms with E-state index in [1.54, 1.807) is 0 Å². The minimum absolute atomic E-state index is 0.0645. The predicted molar refractivity (Wildman–Crippen MR) is 243 cm³/mol. The molecule has 0 amide bonds. The van der Waals surface area contributed by atoms with Crippen molar-refractivity contribution in [1.29, 1.82) is 0 Å². The zero-order valence-corrected chi connectivity index (χ0v) is 38.8. The summed E-state index contributed by atoms with van der Waals surface area (Å²) in [5, 5.41) is 0. The maximum absolute atomic E-state index is 12.6. The van der Waals surface area contributed by atoms with Crippen molar-refractivity contribution in [3.05, 3.63) is 0 Å². The van der Waals surface area contributed by atoms with Crippen molar-refractivity contribution in [1.82, 2.24) is 0 Å². The maximum atomic E-state index is 12.6. The van der Waals surface area contributed by atoms with Gasteiger partial charge >= 0.3 is 17.9 Å². The molecule has 0 aliphatic heterocycles. The molecule has 0 heterocycles. The van der Waals surface area contributed by atoms with Gasteiger partial charge in [-0.05, 0) is 25.2 Å². The van der Waals surface area contributed by atoms with Crippen molar-refractivity contribution in [2.24, 2.45) is 5.92 Å². The molecule has 0 aromatic heterocycles. The lowest BCUT2D eigenvalue weighted by Crippen LogP contribution is -2.30. The van der Waals surface area contributed by atoms with E-state index in [2.05, 4.69) is 27.7 Å². The van der Waals surface area contributed by atoms with E-state index in [1.165, 1.54) is 173 Å². The second-order valence-electron chi connectivity index (χ2n) is 17.9. The smallest absolute Gasteiger partial charge is 0.306 e. The average molecular weight is 807 g/mol. The highest BCUT2D eigenvalue weighted by molar-refractivity contribution is 5.71. The molecular weight excluding hydrogens is 709 g/mol. The Bertz CT molecular complexity index is 857. The molecule has 6 heteroatoms. The van der Waals surface area contributed by atoms with Crippen LogP contribution in [0.4, 0.5) is 0 Å². The zero-order chi connectivity index (χ0) is 41.7. The van der Waals surface area contributed by atoms with E-state index in [4.69, 9.17) is 14.2 Å². The molecule has 0 rings (SSSR count). The van der Waals surface area contributed by atoms with Crippen LogP contribution < -0.4 is 0 Å². The number of hydrogen-bond acceptors (Lipinski definition) is 6. The van der Waals surface area contributed by atoms with Gasteiger partial charge in [-0.25, -0.2) is 0 Å². The van der Waals surface area contributed by atoms with Gasteiger partial charge in [0.15, 0.2) is 6.10 Å². The SMILES string of the molecule is CCCCCCCCCCCCCCCCCCCCCC(=O)OC[C@H](COC(=O)CCCCCCCCCCCCCCC(C)C)OC(=O)CCCCCCC. The number of unbranched alkanes of at least 4 members (excludes halogenated alkanes) is 33. The van der Waals surface area contributed by atoms with Gasteiger partial charge in [0.05, 0.1) is 0 Å². The molecule has 0 fully saturated rings. The van der Waals surface area contributed by atoms with E-state index in [0.717, 1.165) is 70.1 Å². The van der Waals surface area contributed by atoms with E-state index in [-0.39, 0.29) is 31.1 Å². The van der Waals surface area contributed by atoms with Crippen LogP contribution in [-0.2, 0) is 28.6 Å². The van der Waals surface area contributed by atoms with Crippen molar-refractivity contribution in [2.45, 2.75) is 291 Å². The first-order chi connectivity index (χ1) is 27.9. The molecule has 57 heavy (non-hydrogen) atoms. The Morgan fingerprint density at radius 2 is 0.579 bits per heavy atom. The fraction of sp³-hybridized carbons (Fsp3) is 0.941. The molecule has 0 saturated heterocycles. The number of ether oxygens (including phenoxy) is 3. The summed E-state index contributed by atoms with van der Waals surface area (Å²) in [5.74, 6) is -0.0283. The van der Waals surface area contributed by atoms with Crippen LogP contribution in [0.2, 0.25) is 0 Å². The van der Waals surface area contributed by atoms with Gasteiger partial charge < -0.3 is 14.2 Å². The standard InChI is InChI=1S/C51H98O6/c1-5-7-9-11-12-13-14-15-16-17-18-19-20-21-25-28-31-35-38-42-49(52)55-45-48(57-51(54)44-40-33-10-8-6-2)46-56-50(53)43-39-36-32-29-26-23-22-24-27-30-34-37-41-47(3)4/h47-48H,5-46H2,1-4H3/t48-/m1/s1. The molecule has 0 aliphatic rings. The minimum Gasteiger partial charge on any atom is -0.462 e. The van der Waals surface area contributed by atoms with Gasteiger partial charge in [0.1, 0.15) is 13.2 Å². The van der Waals surface area contributed by atoms with Crippen LogP contribution in [0, 0.1) is 5.92 Å². The molecule has 338 valence electrons. The van der Waals surface area contributed by atoms with E-state index in [9.17, 15) is 14.4 Å². The summed E-state index contributed by atoms with van der Waals surface area (Å²) in [4.78, 5) is 37.6. The normalized spacial score (nSPS) is 11.9. The fourth-order valence-electron chi connectivity index (χ4n) is 7.69. The Hall–Kier alpha value is -1.59. The fourth-order valence-corrected chi connectivity index (χ4v) is 7.69. The molecule has 1 atom stereocenters. The van der Waals surface area contributed by atoms with E-state index in [0.29, 0.717) is 19.3 Å². The molecule has 0 bridgehead atoms. The highest BCUT2D eigenvalue weighted by Gasteiger charge is 2.19. The second kappa shape index (κ2) is 45.5. The van der Waals surface area contributed by atoms with Gasteiger partial charge in [-0.1, -0.05) is 246 Å². The average Bonchev–Trinajstić information content (AvgIpc) is 3.19. The summed E-state index contributed by atoms with van der Waals surface area (Å²) in [6, 6.07) is 0. The van der Waals surface area contributed by atoms with Crippen LogP contribution in [0.15, 0.2) is 0 Å². The van der Waals surface area contributed by atoms with Crippen molar-refractivity contribution in [3.63, 3.8) is 0 Å². The number of carbonyl (C=O) groups is 3. The van der Waals surface area contributed by atoms with Crippen LogP contribution >= 0.6 is 0 Å². The summed E-state index contributed by atoms with van der Waals surface area (Å²) in [6.45, 7) is 8.94. The van der Waals surface area contributed by atoms with Crippen molar-refractivity contribution >= 4 is 17.9 Å². The quantitative estimate of drug-likeness (QED) is 0.0346. The molecule has 0 radical (unpaired) electrons. The summed E-state index contributed by atoms with van der Waals surface area (Å²) in [5.41, 5.74) is 0. The molecule has 0 unspecified atom stereocenters. The molecular formula is C51H98O6. The predicted octanol–water partition coefficient (Wildman–Crippen LogP) is 16.3.